The van der Waals surface area contributed by atoms with Gasteiger partial charge in [-0.1, -0.05) is 35.9 Å². The fraction of sp³-hybridized carbons (Fsp3) is 0.167. The molecule has 0 saturated carbocycles. The zero-order valence-corrected chi connectivity index (χ0v) is 13.3. The molecule has 0 aliphatic rings. The molecule has 23 heavy (non-hydrogen) atoms. The highest BCUT2D eigenvalue weighted by Gasteiger charge is 2.19. The first-order valence-electron chi connectivity index (χ1n) is 6.97. The van der Waals surface area contributed by atoms with E-state index in [0.29, 0.717) is 21.9 Å². The van der Waals surface area contributed by atoms with Crippen LogP contribution in [-0.4, -0.2) is 24.5 Å². The maximum Gasteiger partial charge on any atom is 0.206 e. The van der Waals surface area contributed by atoms with E-state index in [0.717, 1.165) is 0 Å². The number of carbonyl (C=O) groups is 3. The number of Topliss-reactive ketones (excluding diaryl/α,β-unsaturated/α-hetero) is 3. The fourth-order valence-corrected chi connectivity index (χ4v) is 2.29. The van der Waals surface area contributed by atoms with Gasteiger partial charge in [0.1, 0.15) is 5.75 Å². The van der Waals surface area contributed by atoms with Gasteiger partial charge in [0.25, 0.3) is 0 Å². The van der Waals surface area contributed by atoms with Gasteiger partial charge in [-0.25, -0.2) is 0 Å². The lowest BCUT2D eigenvalue weighted by Crippen LogP contribution is -2.20. The molecule has 0 spiro atoms. The predicted octanol–water partition coefficient (Wildman–Crippen LogP) is 3.30. The number of benzene rings is 2. The van der Waals surface area contributed by atoms with E-state index in [1.54, 1.807) is 42.5 Å². The average Bonchev–Trinajstić information content (AvgIpc) is 2.54. The molecule has 0 radical (unpaired) electrons. The second-order valence-corrected chi connectivity index (χ2v) is 5.42. The zero-order valence-electron chi connectivity index (χ0n) is 12.5. The topological polar surface area (TPSA) is 60.4 Å². The summed E-state index contributed by atoms with van der Waals surface area (Å²) in [6.07, 6.45) is -0.517. The van der Waals surface area contributed by atoms with Gasteiger partial charge in [-0.15, -0.1) is 0 Å². The second kappa shape index (κ2) is 7.70. The highest BCUT2D eigenvalue weighted by Crippen LogP contribution is 2.15. The summed E-state index contributed by atoms with van der Waals surface area (Å²) in [6.45, 7) is 0. The van der Waals surface area contributed by atoms with Crippen LogP contribution in [0.3, 0.4) is 0 Å². The van der Waals surface area contributed by atoms with Crippen molar-refractivity contribution in [2.75, 3.05) is 7.11 Å². The second-order valence-electron chi connectivity index (χ2n) is 4.98. The Morgan fingerprint density at radius 2 is 1.74 bits per heavy atom. The van der Waals surface area contributed by atoms with E-state index in [-0.39, 0.29) is 6.42 Å². The molecule has 5 heteroatoms. The van der Waals surface area contributed by atoms with Crippen LogP contribution in [0.25, 0.3) is 0 Å². The van der Waals surface area contributed by atoms with Crippen molar-refractivity contribution in [3.63, 3.8) is 0 Å². The molecule has 0 aliphatic carbocycles. The monoisotopic (exact) mass is 330 g/mol. The van der Waals surface area contributed by atoms with Gasteiger partial charge >= 0.3 is 0 Å². The minimum atomic E-state index is -0.710. The van der Waals surface area contributed by atoms with Gasteiger partial charge in [-0.3, -0.25) is 14.4 Å². The van der Waals surface area contributed by atoms with Gasteiger partial charge in [0, 0.05) is 17.0 Å². The molecule has 0 fully saturated rings. The van der Waals surface area contributed by atoms with Crippen LogP contribution in [0.4, 0.5) is 0 Å². The Morgan fingerprint density at radius 1 is 1.00 bits per heavy atom. The van der Waals surface area contributed by atoms with Crippen molar-refractivity contribution in [1.29, 1.82) is 0 Å². The zero-order chi connectivity index (χ0) is 16.8. The Hall–Kier alpha value is -2.46. The quantitative estimate of drug-likeness (QED) is 0.444. The van der Waals surface area contributed by atoms with Crippen molar-refractivity contribution in [2.45, 2.75) is 12.8 Å². The van der Waals surface area contributed by atoms with Crippen LogP contribution in [0, 0.1) is 0 Å². The number of methoxy groups -OCH3 is 1. The first kappa shape index (κ1) is 16.9. The van der Waals surface area contributed by atoms with E-state index < -0.39 is 23.8 Å². The molecular weight excluding hydrogens is 316 g/mol. The van der Waals surface area contributed by atoms with Crippen LogP contribution in [0.5, 0.6) is 5.75 Å². The lowest BCUT2D eigenvalue weighted by atomic mass is 10.0. The molecule has 0 saturated heterocycles. The highest BCUT2D eigenvalue weighted by molar-refractivity contribution is 6.41. The average molecular weight is 331 g/mol. The normalized spacial score (nSPS) is 10.2. The van der Waals surface area contributed by atoms with Crippen LogP contribution in [0.1, 0.15) is 22.3 Å². The maximum absolute atomic E-state index is 12.1. The Labute approximate surface area is 139 Å². The van der Waals surface area contributed by atoms with Crippen molar-refractivity contribution < 1.29 is 19.1 Å². The van der Waals surface area contributed by atoms with E-state index in [4.69, 9.17) is 16.3 Å². The molecule has 2 aromatic carbocycles. The highest BCUT2D eigenvalue weighted by atomic mass is 35.5. The predicted molar refractivity (Wildman–Crippen MR) is 87.1 cm³/mol. The summed E-state index contributed by atoms with van der Waals surface area (Å²) in [6, 6.07) is 13.2. The number of ketones is 3. The molecule has 4 nitrogen and oxygen atoms in total. The van der Waals surface area contributed by atoms with E-state index in [9.17, 15) is 14.4 Å². The summed E-state index contributed by atoms with van der Waals surface area (Å²) in [5, 5.41) is 0.496. The number of halogens is 1. The molecule has 0 heterocycles. The molecule has 2 rings (SSSR count). The standard InChI is InChI=1S/C18H15ClO4/c1-23-15-7-3-5-13(10-15)16(20)11-18(22)17(21)9-12-4-2-6-14(19)8-12/h2-8,10H,9,11H2,1H3. The summed E-state index contributed by atoms with van der Waals surface area (Å²) in [7, 11) is 1.49. The summed E-state index contributed by atoms with van der Waals surface area (Å²) >= 11 is 5.84. The van der Waals surface area contributed by atoms with E-state index in [1.807, 2.05) is 0 Å². The van der Waals surface area contributed by atoms with E-state index in [1.165, 1.54) is 13.2 Å². The summed E-state index contributed by atoms with van der Waals surface area (Å²) in [4.78, 5) is 36.0. The van der Waals surface area contributed by atoms with E-state index in [2.05, 4.69) is 0 Å². The van der Waals surface area contributed by atoms with Crippen LogP contribution in [-0.2, 0) is 16.0 Å². The maximum atomic E-state index is 12.1. The van der Waals surface area contributed by atoms with Crippen molar-refractivity contribution in [2.24, 2.45) is 0 Å². The third-order valence-corrected chi connectivity index (χ3v) is 3.51. The van der Waals surface area contributed by atoms with Crippen molar-refractivity contribution in [3.8, 4) is 5.75 Å². The number of rotatable bonds is 7. The van der Waals surface area contributed by atoms with Crippen LogP contribution in [0.2, 0.25) is 5.02 Å². The van der Waals surface area contributed by atoms with Crippen LogP contribution < -0.4 is 4.74 Å². The molecule has 0 unspecified atom stereocenters. The van der Waals surface area contributed by atoms with Gasteiger partial charge in [0.2, 0.25) is 11.6 Å². The van der Waals surface area contributed by atoms with Crippen molar-refractivity contribution in [1.82, 2.24) is 0 Å². The minimum absolute atomic E-state index is 0.0647. The third-order valence-electron chi connectivity index (χ3n) is 3.28. The van der Waals surface area contributed by atoms with Crippen molar-refractivity contribution in [3.05, 3.63) is 64.7 Å². The van der Waals surface area contributed by atoms with Gasteiger partial charge in [0.05, 0.1) is 13.5 Å². The molecule has 0 aromatic heterocycles. The van der Waals surface area contributed by atoms with E-state index >= 15 is 0 Å². The molecule has 0 aliphatic heterocycles. The Kier molecular flexibility index (Phi) is 5.66. The SMILES string of the molecule is COc1cccc(C(=O)CC(=O)C(=O)Cc2cccc(Cl)c2)c1. The Balaban J connectivity index is 2.00. The molecular formula is C18H15ClO4. The largest absolute Gasteiger partial charge is 0.497 e. The third kappa shape index (κ3) is 4.76. The number of carbonyl (C=O) groups excluding carboxylic acids is 3. The summed E-state index contributed by atoms with van der Waals surface area (Å²) in [5.41, 5.74) is 0.984. The number of hydrogen-bond acceptors (Lipinski definition) is 4. The Bertz CT molecular complexity index is 752. The smallest absolute Gasteiger partial charge is 0.206 e. The Morgan fingerprint density at radius 3 is 2.43 bits per heavy atom. The van der Waals surface area contributed by atoms with Crippen LogP contribution >= 0.6 is 11.6 Å². The lowest BCUT2D eigenvalue weighted by molar-refractivity contribution is -0.135. The molecule has 0 N–H and O–H groups in total. The molecule has 0 bridgehead atoms. The minimum Gasteiger partial charge on any atom is -0.497 e. The van der Waals surface area contributed by atoms with Gasteiger partial charge in [0.15, 0.2) is 5.78 Å². The summed E-state index contributed by atoms with van der Waals surface area (Å²) in [5.74, 6) is -1.21. The first-order valence-corrected chi connectivity index (χ1v) is 7.35. The number of ether oxygens (including phenoxy) is 1. The van der Waals surface area contributed by atoms with Crippen molar-refractivity contribution >= 4 is 29.0 Å². The van der Waals surface area contributed by atoms with Crippen LogP contribution in [0.15, 0.2) is 48.5 Å². The molecule has 2 aromatic rings. The number of hydrogen-bond donors (Lipinski definition) is 0. The first-order chi connectivity index (χ1) is 11.0. The molecule has 0 atom stereocenters. The lowest BCUT2D eigenvalue weighted by Gasteiger charge is -2.04. The van der Waals surface area contributed by atoms with Gasteiger partial charge in [-0.2, -0.15) is 0 Å². The van der Waals surface area contributed by atoms with Gasteiger partial charge in [-0.05, 0) is 29.8 Å². The molecule has 118 valence electrons. The van der Waals surface area contributed by atoms with Gasteiger partial charge < -0.3 is 4.74 Å². The molecule has 0 amide bonds. The summed E-state index contributed by atoms with van der Waals surface area (Å²) < 4.78 is 5.03. The fourth-order valence-electron chi connectivity index (χ4n) is 2.07.